The fourth-order valence-corrected chi connectivity index (χ4v) is 1.98. The summed E-state index contributed by atoms with van der Waals surface area (Å²) in [6.45, 7) is 5.18. The Kier molecular flexibility index (Phi) is 5.32. The van der Waals surface area contributed by atoms with Crippen molar-refractivity contribution in [1.82, 2.24) is 4.98 Å². The van der Waals surface area contributed by atoms with Crippen LogP contribution in [0, 0.1) is 0 Å². The van der Waals surface area contributed by atoms with Crippen molar-refractivity contribution in [3.05, 3.63) is 18.5 Å². The Morgan fingerprint density at radius 2 is 2.13 bits per heavy atom. The summed E-state index contributed by atoms with van der Waals surface area (Å²) in [7, 11) is 0. The molecule has 0 fully saturated rings. The van der Waals surface area contributed by atoms with Gasteiger partial charge in [-0.05, 0) is 26.2 Å². The Bertz CT molecular complexity index is 291. The van der Waals surface area contributed by atoms with Gasteiger partial charge in [-0.15, -0.1) is 0 Å². The van der Waals surface area contributed by atoms with Crippen LogP contribution in [-0.2, 0) is 0 Å². The van der Waals surface area contributed by atoms with Crippen LogP contribution in [0.4, 0.5) is 11.4 Å². The van der Waals surface area contributed by atoms with Crippen molar-refractivity contribution in [3.8, 4) is 0 Å². The van der Waals surface area contributed by atoms with Gasteiger partial charge in [0.25, 0.3) is 0 Å². The zero-order chi connectivity index (χ0) is 11.1. The van der Waals surface area contributed by atoms with Crippen molar-refractivity contribution in [2.24, 2.45) is 0 Å². The highest BCUT2D eigenvalue weighted by atomic mass is 32.2. The van der Waals surface area contributed by atoms with Crippen molar-refractivity contribution in [2.75, 3.05) is 29.2 Å². The molecular weight excluding hydrogens is 206 g/mol. The fourth-order valence-electron chi connectivity index (χ4n) is 1.40. The molecular formula is C11H19N3S. The molecule has 3 nitrogen and oxygen atoms in total. The molecule has 1 heterocycles. The van der Waals surface area contributed by atoms with E-state index in [9.17, 15) is 0 Å². The third-order valence-corrected chi connectivity index (χ3v) is 2.78. The average Bonchev–Trinajstić information content (AvgIpc) is 2.19. The summed E-state index contributed by atoms with van der Waals surface area (Å²) in [5.41, 5.74) is 2.15. The minimum absolute atomic E-state index is 0.471. The van der Waals surface area contributed by atoms with Crippen LogP contribution in [0.25, 0.3) is 0 Å². The zero-order valence-corrected chi connectivity index (χ0v) is 10.4. The normalized spacial score (nSPS) is 12.2. The summed E-state index contributed by atoms with van der Waals surface area (Å²) >= 11 is 1.84. The maximum absolute atomic E-state index is 4.18. The van der Waals surface area contributed by atoms with Gasteiger partial charge < -0.3 is 10.6 Å². The fraction of sp³-hybridized carbons (Fsp3) is 0.545. The van der Waals surface area contributed by atoms with E-state index in [-0.39, 0.29) is 0 Å². The molecule has 0 saturated heterocycles. The van der Waals surface area contributed by atoms with Gasteiger partial charge in [0.1, 0.15) is 0 Å². The number of rotatable bonds is 6. The standard InChI is InChI=1S/C11H19N3S/c1-4-13-10-5-11(7-12-6-10)14-9(2)8-15-3/h5-7,9,13-14H,4,8H2,1-3H3. The van der Waals surface area contributed by atoms with Gasteiger partial charge >= 0.3 is 0 Å². The first-order valence-corrected chi connectivity index (χ1v) is 6.60. The van der Waals surface area contributed by atoms with Gasteiger partial charge in [-0.3, -0.25) is 4.98 Å². The second-order valence-corrected chi connectivity index (χ2v) is 4.40. The molecule has 1 atom stereocenters. The van der Waals surface area contributed by atoms with E-state index >= 15 is 0 Å². The summed E-state index contributed by atoms with van der Waals surface area (Å²) in [6, 6.07) is 2.56. The smallest absolute Gasteiger partial charge is 0.0549 e. The number of hydrogen-bond donors (Lipinski definition) is 2. The molecule has 0 aliphatic carbocycles. The third-order valence-electron chi connectivity index (χ3n) is 1.95. The maximum atomic E-state index is 4.18. The first kappa shape index (κ1) is 12.2. The van der Waals surface area contributed by atoms with Crippen LogP contribution in [0.3, 0.4) is 0 Å². The Hall–Kier alpha value is -0.900. The van der Waals surface area contributed by atoms with E-state index in [0.29, 0.717) is 6.04 Å². The molecule has 0 bridgehead atoms. The van der Waals surface area contributed by atoms with Gasteiger partial charge in [0.15, 0.2) is 0 Å². The molecule has 0 aliphatic heterocycles. The number of pyridine rings is 1. The molecule has 84 valence electrons. The first-order valence-electron chi connectivity index (χ1n) is 5.20. The molecule has 2 N–H and O–H groups in total. The number of thioether (sulfide) groups is 1. The molecule has 1 rings (SSSR count). The molecule has 1 unspecified atom stereocenters. The quantitative estimate of drug-likeness (QED) is 0.780. The average molecular weight is 225 g/mol. The van der Waals surface area contributed by atoms with Crippen LogP contribution in [0.1, 0.15) is 13.8 Å². The SMILES string of the molecule is CCNc1cncc(NC(C)CSC)c1. The summed E-state index contributed by atoms with van der Waals surface area (Å²) in [4.78, 5) is 4.18. The molecule has 1 aromatic heterocycles. The van der Waals surface area contributed by atoms with Crippen molar-refractivity contribution in [2.45, 2.75) is 19.9 Å². The van der Waals surface area contributed by atoms with E-state index in [2.05, 4.69) is 41.8 Å². The molecule has 0 radical (unpaired) electrons. The highest BCUT2D eigenvalue weighted by Crippen LogP contribution is 2.14. The monoisotopic (exact) mass is 225 g/mol. The predicted molar refractivity (Wildman–Crippen MR) is 69.9 cm³/mol. The van der Waals surface area contributed by atoms with Gasteiger partial charge in [-0.1, -0.05) is 0 Å². The Labute approximate surface area is 96.1 Å². The topological polar surface area (TPSA) is 37.0 Å². The van der Waals surface area contributed by atoms with Crippen LogP contribution >= 0.6 is 11.8 Å². The molecule has 0 aromatic carbocycles. The molecule has 4 heteroatoms. The van der Waals surface area contributed by atoms with Crippen LogP contribution in [0.5, 0.6) is 0 Å². The van der Waals surface area contributed by atoms with E-state index < -0.39 is 0 Å². The van der Waals surface area contributed by atoms with Crippen LogP contribution in [0.15, 0.2) is 18.5 Å². The lowest BCUT2D eigenvalue weighted by atomic mass is 10.3. The van der Waals surface area contributed by atoms with Crippen LogP contribution in [-0.4, -0.2) is 29.6 Å². The van der Waals surface area contributed by atoms with E-state index in [4.69, 9.17) is 0 Å². The first-order chi connectivity index (χ1) is 7.26. The van der Waals surface area contributed by atoms with E-state index in [1.807, 2.05) is 24.2 Å². The lowest BCUT2D eigenvalue weighted by Crippen LogP contribution is -2.17. The Morgan fingerprint density at radius 3 is 2.80 bits per heavy atom. The van der Waals surface area contributed by atoms with Crippen molar-refractivity contribution in [3.63, 3.8) is 0 Å². The lowest BCUT2D eigenvalue weighted by molar-refractivity contribution is 0.912. The van der Waals surface area contributed by atoms with Crippen molar-refractivity contribution < 1.29 is 0 Å². The molecule has 1 aromatic rings. The number of anilines is 2. The molecule has 0 saturated carbocycles. The molecule has 15 heavy (non-hydrogen) atoms. The zero-order valence-electron chi connectivity index (χ0n) is 9.58. The highest BCUT2D eigenvalue weighted by Gasteiger charge is 2.01. The summed E-state index contributed by atoms with van der Waals surface area (Å²) in [5, 5.41) is 6.66. The number of hydrogen-bond acceptors (Lipinski definition) is 4. The van der Waals surface area contributed by atoms with E-state index in [1.54, 1.807) is 0 Å². The maximum Gasteiger partial charge on any atom is 0.0549 e. The summed E-state index contributed by atoms with van der Waals surface area (Å²) in [6.07, 6.45) is 5.82. The minimum atomic E-state index is 0.471. The Balaban J connectivity index is 2.56. The second-order valence-electron chi connectivity index (χ2n) is 3.49. The van der Waals surface area contributed by atoms with Gasteiger partial charge in [0.2, 0.25) is 0 Å². The predicted octanol–water partition coefficient (Wildman–Crippen LogP) is 2.68. The summed E-state index contributed by atoms with van der Waals surface area (Å²) < 4.78 is 0. The largest absolute Gasteiger partial charge is 0.384 e. The van der Waals surface area contributed by atoms with Gasteiger partial charge in [-0.25, -0.2) is 0 Å². The third kappa shape index (κ3) is 4.42. The van der Waals surface area contributed by atoms with Gasteiger partial charge in [-0.2, -0.15) is 11.8 Å². The lowest BCUT2D eigenvalue weighted by Gasteiger charge is -2.14. The number of nitrogens with one attached hydrogen (secondary N) is 2. The van der Waals surface area contributed by atoms with Crippen LogP contribution in [0.2, 0.25) is 0 Å². The van der Waals surface area contributed by atoms with Gasteiger partial charge in [0.05, 0.1) is 23.8 Å². The number of nitrogens with zero attached hydrogens (tertiary/aromatic N) is 1. The van der Waals surface area contributed by atoms with Crippen molar-refractivity contribution in [1.29, 1.82) is 0 Å². The second kappa shape index (κ2) is 6.56. The van der Waals surface area contributed by atoms with E-state index in [0.717, 1.165) is 23.7 Å². The molecule has 0 spiro atoms. The highest BCUT2D eigenvalue weighted by molar-refractivity contribution is 7.98. The molecule has 0 amide bonds. The van der Waals surface area contributed by atoms with Gasteiger partial charge in [0, 0.05) is 18.3 Å². The van der Waals surface area contributed by atoms with E-state index in [1.165, 1.54) is 0 Å². The molecule has 0 aliphatic rings. The minimum Gasteiger partial charge on any atom is -0.384 e. The van der Waals surface area contributed by atoms with Crippen molar-refractivity contribution >= 4 is 23.1 Å². The number of aromatic nitrogens is 1. The Morgan fingerprint density at radius 1 is 1.40 bits per heavy atom. The van der Waals surface area contributed by atoms with Crippen LogP contribution < -0.4 is 10.6 Å². The summed E-state index contributed by atoms with van der Waals surface area (Å²) in [5.74, 6) is 1.10.